The van der Waals surface area contributed by atoms with E-state index in [0.717, 1.165) is 12.8 Å². The molecule has 0 radical (unpaired) electrons. The minimum absolute atomic E-state index is 0.0537. The molecule has 2 aromatic rings. The lowest BCUT2D eigenvalue weighted by atomic mass is 10.1. The summed E-state index contributed by atoms with van der Waals surface area (Å²) in [4.78, 5) is 25.1. The second kappa shape index (κ2) is 5.79. The number of hydrogen-bond donors (Lipinski definition) is 2. The number of fused-ring (bicyclic) bond motifs is 1. The van der Waals surface area contributed by atoms with E-state index in [9.17, 15) is 13.6 Å². The Morgan fingerprint density at radius 1 is 1.44 bits per heavy atom. The third kappa shape index (κ3) is 2.96. The van der Waals surface area contributed by atoms with Gasteiger partial charge in [0.25, 0.3) is 5.92 Å². The zero-order valence-corrected chi connectivity index (χ0v) is 13.6. The molecule has 1 atom stereocenters. The average molecular weight is 347 g/mol. The Morgan fingerprint density at radius 2 is 2.16 bits per heavy atom. The van der Waals surface area contributed by atoms with Crippen LogP contribution in [0.4, 0.5) is 14.6 Å². The van der Waals surface area contributed by atoms with E-state index in [-0.39, 0.29) is 18.4 Å². The Balaban J connectivity index is 1.47. The molecule has 6 nitrogen and oxygen atoms in total. The average Bonchev–Trinajstić information content (AvgIpc) is 3.05. The number of carbonyl (C=O) groups excluding carboxylic acids is 1. The largest absolute Gasteiger partial charge is 0.366 e. The van der Waals surface area contributed by atoms with E-state index in [1.165, 1.54) is 6.08 Å². The van der Waals surface area contributed by atoms with Crippen molar-refractivity contribution in [2.24, 2.45) is 0 Å². The van der Waals surface area contributed by atoms with Crippen molar-refractivity contribution in [1.29, 1.82) is 0 Å². The summed E-state index contributed by atoms with van der Waals surface area (Å²) in [6, 6.07) is 0.172. The number of H-pyrrole nitrogens is 1. The van der Waals surface area contributed by atoms with Gasteiger partial charge < -0.3 is 15.2 Å². The van der Waals surface area contributed by atoms with Crippen molar-refractivity contribution < 1.29 is 13.6 Å². The molecule has 1 amide bonds. The van der Waals surface area contributed by atoms with Crippen LogP contribution in [0.15, 0.2) is 25.0 Å². The normalized spacial score (nSPS) is 22.8. The van der Waals surface area contributed by atoms with Gasteiger partial charge in [-0.2, -0.15) is 0 Å². The maximum atomic E-state index is 13.4. The molecule has 132 valence electrons. The molecule has 0 aromatic carbocycles. The van der Waals surface area contributed by atoms with Gasteiger partial charge in [-0.25, -0.2) is 18.7 Å². The number of rotatable bonds is 4. The molecule has 8 heteroatoms. The predicted molar refractivity (Wildman–Crippen MR) is 89.6 cm³/mol. The Labute approximate surface area is 143 Å². The van der Waals surface area contributed by atoms with Crippen molar-refractivity contribution in [3.05, 3.63) is 30.6 Å². The first-order chi connectivity index (χ1) is 12.0. The fourth-order valence-electron chi connectivity index (χ4n) is 3.38. The summed E-state index contributed by atoms with van der Waals surface area (Å²) in [5.74, 6) is -2.88. The highest BCUT2D eigenvalue weighted by atomic mass is 19.3. The molecule has 3 heterocycles. The van der Waals surface area contributed by atoms with E-state index in [4.69, 9.17) is 0 Å². The summed E-state index contributed by atoms with van der Waals surface area (Å²) in [6.07, 6.45) is 5.97. The van der Waals surface area contributed by atoms with Crippen molar-refractivity contribution in [2.75, 3.05) is 18.4 Å². The fraction of sp³-hybridized carbons (Fsp3) is 0.471. The van der Waals surface area contributed by atoms with Gasteiger partial charge >= 0.3 is 0 Å². The summed E-state index contributed by atoms with van der Waals surface area (Å²) in [5.41, 5.74) is 1.56. The van der Waals surface area contributed by atoms with Crippen LogP contribution in [0.2, 0.25) is 0 Å². The first-order valence-electron chi connectivity index (χ1n) is 8.37. The van der Waals surface area contributed by atoms with E-state index < -0.39 is 11.8 Å². The molecular weight excluding hydrogens is 328 g/mol. The fourth-order valence-corrected chi connectivity index (χ4v) is 3.38. The standard InChI is InChI=1S/C17H19F2N5O/c1-2-14(25)24-5-3-10(4-6-24)22-13-9-21-16-15(23-13)11(8-20-16)12-7-17(12,18)19/h2,8-10,12H,1,3-7H2,(H,20,21)(H,22,23)/t12-/m1/s1. The molecule has 4 rings (SSSR count). The van der Waals surface area contributed by atoms with Crippen molar-refractivity contribution >= 4 is 22.9 Å². The Hall–Kier alpha value is -2.51. The Morgan fingerprint density at radius 3 is 2.80 bits per heavy atom. The van der Waals surface area contributed by atoms with Crippen molar-refractivity contribution in [1.82, 2.24) is 19.9 Å². The number of likely N-dealkylation sites (tertiary alicyclic amines) is 1. The number of alkyl halides is 2. The number of carbonyl (C=O) groups is 1. The van der Waals surface area contributed by atoms with Crippen LogP contribution in [0, 0.1) is 0 Å². The molecule has 0 spiro atoms. The lowest BCUT2D eigenvalue weighted by Crippen LogP contribution is -2.41. The molecule has 1 aliphatic heterocycles. The van der Waals surface area contributed by atoms with E-state index in [1.807, 2.05) is 0 Å². The van der Waals surface area contributed by atoms with Gasteiger partial charge in [0.15, 0.2) is 5.65 Å². The molecule has 25 heavy (non-hydrogen) atoms. The molecule has 0 unspecified atom stereocenters. The molecule has 0 bridgehead atoms. The number of halogens is 2. The quantitative estimate of drug-likeness (QED) is 0.834. The van der Waals surface area contributed by atoms with Gasteiger partial charge in [0, 0.05) is 37.3 Å². The van der Waals surface area contributed by atoms with Crippen LogP contribution in [-0.4, -0.2) is 50.8 Å². The molecule has 2 aliphatic rings. The van der Waals surface area contributed by atoms with Crippen molar-refractivity contribution in [2.45, 2.75) is 37.1 Å². The van der Waals surface area contributed by atoms with E-state index in [1.54, 1.807) is 17.3 Å². The van der Waals surface area contributed by atoms with Crippen LogP contribution >= 0.6 is 0 Å². The van der Waals surface area contributed by atoms with Gasteiger partial charge in [0.2, 0.25) is 5.91 Å². The Bertz CT molecular complexity index is 826. The number of anilines is 1. The van der Waals surface area contributed by atoms with Gasteiger partial charge in [-0.15, -0.1) is 0 Å². The lowest BCUT2D eigenvalue weighted by Gasteiger charge is -2.31. The van der Waals surface area contributed by atoms with Crippen molar-refractivity contribution in [3.63, 3.8) is 0 Å². The zero-order chi connectivity index (χ0) is 17.6. The van der Waals surface area contributed by atoms with Crippen LogP contribution in [0.1, 0.15) is 30.7 Å². The minimum atomic E-state index is -2.63. The van der Waals surface area contributed by atoms with Gasteiger partial charge in [0.1, 0.15) is 11.3 Å². The molecular formula is C17H19F2N5O. The highest BCUT2D eigenvalue weighted by molar-refractivity contribution is 5.87. The topological polar surface area (TPSA) is 73.9 Å². The SMILES string of the molecule is C=CC(=O)N1CCC(Nc2cnc3[nH]cc([C@H]4CC4(F)F)c3n2)CC1. The van der Waals surface area contributed by atoms with Gasteiger partial charge in [-0.1, -0.05) is 6.58 Å². The number of aromatic nitrogens is 3. The zero-order valence-electron chi connectivity index (χ0n) is 13.6. The second-order valence-corrected chi connectivity index (χ2v) is 6.66. The summed E-state index contributed by atoms with van der Waals surface area (Å²) < 4.78 is 26.8. The molecule has 2 aromatic heterocycles. The summed E-state index contributed by atoms with van der Waals surface area (Å²) in [5, 5.41) is 3.31. The van der Waals surface area contributed by atoms with Crippen LogP contribution < -0.4 is 5.32 Å². The van der Waals surface area contributed by atoms with Gasteiger partial charge in [-0.3, -0.25) is 4.79 Å². The predicted octanol–water partition coefficient (Wildman–Crippen LogP) is 2.67. The minimum Gasteiger partial charge on any atom is -0.366 e. The highest BCUT2D eigenvalue weighted by Crippen LogP contribution is 2.56. The van der Waals surface area contributed by atoms with Gasteiger partial charge in [-0.05, 0) is 18.9 Å². The molecule has 2 fully saturated rings. The monoisotopic (exact) mass is 347 g/mol. The summed E-state index contributed by atoms with van der Waals surface area (Å²) in [7, 11) is 0. The maximum absolute atomic E-state index is 13.4. The molecule has 1 saturated carbocycles. The third-order valence-electron chi connectivity index (χ3n) is 4.94. The van der Waals surface area contributed by atoms with Gasteiger partial charge in [0.05, 0.1) is 12.1 Å². The molecule has 1 aliphatic carbocycles. The third-order valence-corrected chi connectivity index (χ3v) is 4.94. The number of piperidine rings is 1. The Kier molecular flexibility index (Phi) is 3.70. The van der Waals surface area contributed by atoms with E-state index >= 15 is 0 Å². The smallest absolute Gasteiger partial charge is 0.256 e. The van der Waals surface area contributed by atoms with Crippen LogP contribution in [-0.2, 0) is 4.79 Å². The number of amides is 1. The maximum Gasteiger partial charge on any atom is 0.256 e. The van der Waals surface area contributed by atoms with Crippen molar-refractivity contribution in [3.8, 4) is 0 Å². The van der Waals surface area contributed by atoms with Crippen LogP contribution in [0.5, 0.6) is 0 Å². The number of aromatic amines is 1. The first-order valence-corrected chi connectivity index (χ1v) is 8.37. The summed E-state index contributed by atoms with van der Waals surface area (Å²) in [6.45, 7) is 4.81. The lowest BCUT2D eigenvalue weighted by molar-refractivity contribution is -0.126. The highest BCUT2D eigenvalue weighted by Gasteiger charge is 2.58. The number of nitrogens with zero attached hydrogens (tertiary/aromatic N) is 3. The number of hydrogen-bond acceptors (Lipinski definition) is 4. The number of nitrogens with one attached hydrogen (secondary N) is 2. The molecule has 2 N–H and O–H groups in total. The summed E-state index contributed by atoms with van der Waals surface area (Å²) >= 11 is 0. The van der Waals surface area contributed by atoms with Crippen LogP contribution in [0.25, 0.3) is 11.2 Å². The molecule has 1 saturated heterocycles. The first kappa shape index (κ1) is 16.0. The van der Waals surface area contributed by atoms with Crippen LogP contribution in [0.3, 0.4) is 0 Å². The van der Waals surface area contributed by atoms with E-state index in [2.05, 4.69) is 26.8 Å². The van der Waals surface area contributed by atoms with E-state index in [0.29, 0.717) is 35.6 Å². The second-order valence-electron chi connectivity index (χ2n) is 6.66.